The van der Waals surface area contributed by atoms with Crippen LogP contribution in [-0.2, 0) is 9.59 Å². The van der Waals surface area contributed by atoms with Crippen molar-refractivity contribution >= 4 is 18.0 Å². The number of benzene rings is 1. The lowest BCUT2D eigenvalue weighted by Crippen LogP contribution is -2.45. The van der Waals surface area contributed by atoms with Crippen LogP contribution in [0.3, 0.4) is 0 Å². The first-order chi connectivity index (χ1) is 10.4. The zero-order chi connectivity index (χ0) is 16.5. The van der Waals surface area contributed by atoms with E-state index in [-0.39, 0.29) is 12.3 Å². The number of aliphatic hydroxyl groups excluding tert-OH is 1. The SMILES string of the molecule is CC(C)C[C@H](O)C(=O)N[C@H](C/C=C/c1ccccc1)C(=O)O. The van der Waals surface area contributed by atoms with Crippen LogP contribution in [0.1, 0.15) is 32.3 Å². The van der Waals surface area contributed by atoms with E-state index in [1.165, 1.54) is 0 Å². The van der Waals surface area contributed by atoms with Gasteiger partial charge in [0.25, 0.3) is 0 Å². The number of rotatable bonds is 8. The second-order valence-electron chi connectivity index (χ2n) is 5.59. The van der Waals surface area contributed by atoms with Gasteiger partial charge in [0.2, 0.25) is 5.91 Å². The standard InChI is InChI=1S/C17H23NO4/c1-12(2)11-15(19)16(20)18-14(17(21)22)10-6-9-13-7-4-3-5-8-13/h3-9,12,14-15,19H,10-11H2,1-2H3,(H,18,20)(H,21,22)/b9-6+/t14-,15+/m1/s1. The second-order valence-corrected chi connectivity index (χ2v) is 5.59. The number of amides is 1. The van der Waals surface area contributed by atoms with Gasteiger partial charge in [-0.1, -0.05) is 56.3 Å². The Morgan fingerprint density at radius 3 is 2.41 bits per heavy atom. The number of carboxylic acid groups (broad SMARTS) is 1. The molecule has 1 aromatic carbocycles. The van der Waals surface area contributed by atoms with Crippen molar-refractivity contribution in [3.63, 3.8) is 0 Å². The molecule has 0 unspecified atom stereocenters. The maximum atomic E-state index is 11.8. The number of carbonyl (C=O) groups is 2. The van der Waals surface area contributed by atoms with Crippen LogP contribution in [0.5, 0.6) is 0 Å². The quantitative estimate of drug-likeness (QED) is 0.686. The third-order valence-corrected chi connectivity index (χ3v) is 3.09. The van der Waals surface area contributed by atoms with Crippen molar-refractivity contribution in [3.05, 3.63) is 42.0 Å². The molecule has 0 saturated carbocycles. The van der Waals surface area contributed by atoms with E-state index in [9.17, 15) is 14.7 Å². The van der Waals surface area contributed by atoms with Crippen LogP contribution in [0.25, 0.3) is 6.08 Å². The molecular formula is C17H23NO4. The number of aliphatic hydroxyl groups is 1. The van der Waals surface area contributed by atoms with Crippen LogP contribution >= 0.6 is 0 Å². The highest BCUT2D eigenvalue weighted by Crippen LogP contribution is 2.07. The fourth-order valence-corrected chi connectivity index (χ4v) is 1.95. The Bertz CT molecular complexity index is 511. The molecule has 3 N–H and O–H groups in total. The van der Waals surface area contributed by atoms with Crippen LogP contribution in [0.15, 0.2) is 36.4 Å². The normalized spacial score (nSPS) is 14.0. The predicted octanol–water partition coefficient (Wildman–Crippen LogP) is 2.07. The number of carbonyl (C=O) groups excluding carboxylic acids is 1. The largest absolute Gasteiger partial charge is 0.480 e. The number of hydrogen-bond donors (Lipinski definition) is 3. The van der Waals surface area contributed by atoms with Gasteiger partial charge in [0.05, 0.1) is 0 Å². The average Bonchev–Trinajstić information content (AvgIpc) is 2.46. The molecule has 1 amide bonds. The van der Waals surface area contributed by atoms with Crippen molar-refractivity contribution < 1.29 is 19.8 Å². The maximum Gasteiger partial charge on any atom is 0.326 e. The Labute approximate surface area is 130 Å². The van der Waals surface area contributed by atoms with Gasteiger partial charge in [-0.25, -0.2) is 4.79 Å². The molecule has 1 aromatic rings. The first-order valence-corrected chi connectivity index (χ1v) is 7.33. The molecule has 2 atom stereocenters. The van der Waals surface area contributed by atoms with Gasteiger partial charge >= 0.3 is 5.97 Å². The zero-order valence-corrected chi connectivity index (χ0v) is 12.9. The van der Waals surface area contributed by atoms with Gasteiger partial charge in [-0.3, -0.25) is 4.79 Å². The minimum absolute atomic E-state index is 0.155. The van der Waals surface area contributed by atoms with Gasteiger partial charge in [-0.05, 0) is 24.3 Å². The van der Waals surface area contributed by atoms with E-state index in [1.807, 2.05) is 44.2 Å². The van der Waals surface area contributed by atoms with E-state index in [0.29, 0.717) is 6.42 Å². The van der Waals surface area contributed by atoms with E-state index in [4.69, 9.17) is 5.11 Å². The lowest BCUT2D eigenvalue weighted by atomic mass is 10.0. The van der Waals surface area contributed by atoms with Crippen molar-refractivity contribution in [1.29, 1.82) is 0 Å². The summed E-state index contributed by atoms with van der Waals surface area (Å²) in [6.07, 6.45) is 2.78. The summed E-state index contributed by atoms with van der Waals surface area (Å²) >= 11 is 0. The van der Waals surface area contributed by atoms with Crippen LogP contribution in [0.2, 0.25) is 0 Å². The topological polar surface area (TPSA) is 86.6 Å². The molecule has 0 aromatic heterocycles. The first-order valence-electron chi connectivity index (χ1n) is 7.33. The van der Waals surface area contributed by atoms with Crippen molar-refractivity contribution in [2.45, 2.75) is 38.8 Å². The van der Waals surface area contributed by atoms with Crippen LogP contribution < -0.4 is 5.32 Å². The molecule has 22 heavy (non-hydrogen) atoms. The lowest BCUT2D eigenvalue weighted by molar-refractivity contribution is -0.143. The molecule has 0 aliphatic rings. The van der Waals surface area contributed by atoms with Crippen LogP contribution in [0, 0.1) is 5.92 Å². The fourth-order valence-electron chi connectivity index (χ4n) is 1.95. The molecule has 0 aliphatic heterocycles. The highest BCUT2D eigenvalue weighted by atomic mass is 16.4. The summed E-state index contributed by atoms with van der Waals surface area (Å²) < 4.78 is 0. The average molecular weight is 305 g/mol. The Morgan fingerprint density at radius 1 is 1.23 bits per heavy atom. The molecular weight excluding hydrogens is 282 g/mol. The summed E-state index contributed by atoms with van der Waals surface area (Å²) in [7, 11) is 0. The molecule has 0 saturated heterocycles. The minimum Gasteiger partial charge on any atom is -0.480 e. The van der Waals surface area contributed by atoms with Crippen LogP contribution in [-0.4, -0.2) is 34.2 Å². The van der Waals surface area contributed by atoms with Gasteiger partial charge in [-0.2, -0.15) is 0 Å². The first kappa shape index (κ1) is 17.9. The van der Waals surface area contributed by atoms with Crippen LogP contribution in [0.4, 0.5) is 0 Å². The summed E-state index contributed by atoms with van der Waals surface area (Å²) in [5, 5.41) is 21.2. The molecule has 0 spiro atoms. The van der Waals surface area contributed by atoms with E-state index in [2.05, 4.69) is 5.32 Å². The Hall–Kier alpha value is -2.14. The van der Waals surface area contributed by atoms with Gasteiger partial charge in [0, 0.05) is 0 Å². The highest BCUT2D eigenvalue weighted by Gasteiger charge is 2.23. The van der Waals surface area contributed by atoms with Gasteiger partial charge in [0.15, 0.2) is 0 Å². The van der Waals surface area contributed by atoms with E-state index < -0.39 is 24.0 Å². The number of nitrogens with one attached hydrogen (secondary N) is 1. The van der Waals surface area contributed by atoms with Gasteiger partial charge < -0.3 is 15.5 Å². The molecule has 0 heterocycles. The molecule has 0 fully saturated rings. The summed E-state index contributed by atoms with van der Waals surface area (Å²) in [5.74, 6) is -1.61. The second kappa shape index (κ2) is 9.00. The van der Waals surface area contributed by atoms with Crippen molar-refractivity contribution in [1.82, 2.24) is 5.32 Å². The predicted molar refractivity (Wildman–Crippen MR) is 85.1 cm³/mol. The van der Waals surface area contributed by atoms with Crippen molar-refractivity contribution in [2.75, 3.05) is 0 Å². The zero-order valence-electron chi connectivity index (χ0n) is 12.9. The Morgan fingerprint density at radius 2 is 1.86 bits per heavy atom. The summed E-state index contributed by atoms with van der Waals surface area (Å²) in [6.45, 7) is 3.77. The lowest BCUT2D eigenvalue weighted by Gasteiger charge is -2.17. The van der Waals surface area contributed by atoms with E-state index in [0.717, 1.165) is 5.56 Å². The number of aliphatic carboxylic acids is 1. The third kappa shape index (κ3) is 6.54. The highest BCUT2D eigenvalue weighted by molar-refractivity contribution is 5.86. The summed E-state index contributed by atoms with van der Waals surface area (Å²) in [5.41, 5.74) is 0.956. The molecule has 0 radical (unpaired) electrons. The van der Waals surface area contributed by atoms with E-state index >= 15 is 0 Å². The summed E-state index contributed by atoms with van der Waals surface area (Å²) in [4.78, 5) is 23.0. The van der Waals surface area contributed by atoms with Gasteiger partial charge in [0.1, 0.15) is 12.1 Å². The third-order valence-electron chi connectivity index (χ3n) is 3.09. The summed E-state index contributed by atoms with van der Waals surface area (Å²) in [6, 6.07) is 8.42. The van der Waals surface area contributed by atoms with E-state index in [1.54, 1.807) is 12.2 Å². The molecule has 120 valence electrons. The monoisotopic (exact) mass is 305 g/mol. The smallest absolute Gasteiger partial charge is 0.326 e. The number of hydrogen-bond acceptors (Lipinski definition) is 3. The Kier molecular flexibility index (Phi) is 7.32. The minimum atomic E-state index is -1.18. The molecule has 5 nitrogen and oxygen atoms in total. The number of carboxylic acids is 1. The Balaban J connectivity index is 2.57. The van der Waals surface area contributed by atoms with Crippen molar-refractivity contribution in [2.24, 2.45) is 5.92 Å². The molecule has 1 rings (SSSR count). The van der Waals surface area contributed by atoms with Gasteiger partial charge in [-0.15, -0.1) is 0 Å². The molecule has 0 bridgehead atoms. The molecule has 0 aliphatic carbocycles. The fraction of sp³-hybridized carbons (Fsp3) is 0.412. The molecule has 5 heteroatoms. The maximum absolute atomic E-state index is 11.8. The van der Waals surface area contributed by atoms with Crippen molar-refractivity contribution in [3.8, 4) is 0 Å².